The molecule has 1 N–H and O–H groups in total. The second-order valence-electron chi connectivity index (χ2n) is 8.23. The van der Waals surface area contributed by atoms with Crippen molar-refractivity contribution in [1.82, 2.24) is 9.88 Å². The molecule has 7 heteroatoms. The number of amides is 1. The van der Waals surface area contributed by atoms with Crippen LogP contribution < -0.4 is 15.0 Å². The highest BCUT2D eigenvalue weighted by Crippen LogP contribution is 2.33. The van der Waals surface area contributed by atoms with Crippen molar-refractivity contribution in [2.45, 2.75) is 26.4 Å². The quantitative estimate of drug-likeness (QED) is 0.451. The number of nitrogens with one attached hydrogen (secondary N) is 1. The van der Waals surface area contributed by atoms with Crippen molar-refractivity contribution >= 4 is 16.8 Å². The van der Waals surface area contributed by atoms with Gasteiger partial charge in [-0.15, -0.1) is 0 Å². The SMILES string of the molecule is CCc1ccc2[nH]c(=O)c(CN(Cc3ccc4c(c3)OCO4)C(=O)c3ccccc3F)cc2c1. The van der Waals surface area contributed by atoms with E-state index in [1.807, 2.05) is 24.3 Å². The molecule has 0 fully saturated rings. The van der Waals surface area contributed by atoms with Gasteiger partial charge in [-0.3, -0.25) is 9.59 Å². The van der Waals surface area contributed by atoms with E-state index in [9.17, 15) is 14.0 Å². The molecule has 6 nitrogen and oxygen atoms in total. The molecule has 5 rings (SSSR count). The van der Waals surface area contributed by atoms with Crippen molar-refractivity contribution in [2.75, 3.05) is 6.79 Å². The van der Waals surface area contributed by atoms with Crippen molar-refractivity contribution in [2.24, 2.45) is 0 Å². The molecule has 1 aliphatic rings. The van der Waals surface area contributed by atoms with E-state index in [1.54, 1.807) is 24.3 Å². The number of aryl methyl sites for hydroxylation is 1. The van der Waals surface area contributed by atoms with E-state index in [0.29, 0.717) is 17.1 Å². The van der Waals surface area contributed by atoms with Gasteiger partial charge < -0.3 is 19.4 Å². The number of aromatic amines is 1. The van der Waals surface area contributed by atoms with Crippen LogP contribution in [0.25, 0.3) is 10.9 Å². The van der Waals surface area contributed by atoms with E-state index in [4.69, 9.17) is 9.47 Å². The van der Waals surface area contributed by atoms with E-state index >= 15 is 0 Å². The Kier molecular flexibility index (Phi) is 5.76. The molecule has 172 valence electrons. The van der Waals surface area contributed by atoms with Crippen molar-refractivity contribution in [1.29, 1.82) is 0 Å². The van der Waals surface area contributed by atoms with Crippen LogP contribution in [0.2, 0.25) is 0 Å². The van der Waals surface area contributed by atoms with Crippen molar-refractivity contribution in [3.05, 3.63) is 105 Å². The first kappa shape index (κ1) is 21.7. The molecule has 34 heavy (non-hydrogen) atoms. The summed E-state index contributed by atoms with van der Waals surface area (Å²) in [5.41, 5.74) is 2.74. The third-order valence-corrected chi connectivity index (χ3v) is 5.96. The van der Waals surface area contributed by atoms with Gasteiger partial charge in [0.2, 0.25) is 6.79 Å². The molecule has 0 unspecified atom stereocenters. The fraction of sp³-hybridized carbons (Fsp3) is 0.185. The molecule has 1 amide bonds. The summed E-state index contributed by atoms with van der Waals surface area (Å²) in [5, 5.41) is 0.885. The summed E-state index contributed by atoms with van der Waals surface area (Å²) in [6, 6.07) is 18.9. The Morgan fingerprint density at radius 2 is 1.76 bits per heavy atom. The van der Waals surface area contributed by atoms with E-state index < -0.39 is 11.7 Å². The zero-order chi connectivity index (χ0) is 23.7. The van der Waals surface area contributed by atoms with Crippen LogP contribution in [-0.4, -0.2) is 22.6 Å². The number of halogens is 1. The monoisotopic (exact) mass is 458 g/mol. The Hall–Kier alpha value is -4.13. The van der Waals surface area contributed by atoms with Gasteiger partial charge in [-0.2, -0.15) is 0 Å². The number of ether oxygens (including phenoxy) is 2. The Bertz CT molecular complexity index is 1450. The second-order valence-corrected chi connectivity index (χ2v) is 8.23. The number of aromatic nitrogens is 1. The number of pyridine rings is 1. The standard InChI is InChI=1S/C27H23FN2O4/c1-2-17-7-9-23-19(11-17)13-20(26(31)29-23)15-30(27(32)21-5-3-4-6-22(21)28)14-18-8-10-24-25(12-18)34-16-33-24/h3-13H,2,14-16H2,1H3,(H,29,31). The molecule has 0 aliphatic carbocycles. The van der Waals surface area contributed by atoms with E-state index in [2.05, 4.69) is 11.9 Å². The number of nitrogens with zero attached hydrogens (tertiary/aromatic N) is 1. The fourth-order valence-corrected chi connectivity index (χ4v) is 4.11. The van der Waals surface area contributed by atoms with Gasteiger partial charge in [-0.25, -0.2) is 4.39 Å². The molecule has 2 heterocycles. The maximum atomic E-state index is 14.5. The Morgan fingerprint density at radius 1 is 0.971 bits per heavy atom. The average Bonchev–Trinajstić information content (AvgIpc) is 3.31. The number of rotatable bonds is 6. The molecule has 0 saturated heterocycles. The number of carbonyl (C=O) groups excluding carboxylic acids is 1. The molecular weight excluding hydrogens is 435 g/mol. The van der Waals surface area contributed by atoms with Crippen LogP contribution in [0.3, 0.4) is 0 Å². The van der Waals surface area contributed by atoms with E-state index in [1.165, 1.54) is 23.1 Å². The summed E-state index contributed by atoms with van der Waals surface area (Å²) in [6.45, 7) is 2.39. The number of fused-ring (bicyclic) bond motifs is 2. The third-order valence-electron chi connectivity index (χ3n) is 5.96. The van der Waals surface area contributed by atoms with Gasteiger partial charge in [0.15, 0.2) is 11.5 Å². The minimum Gasteiger partial charge on any atom is -0.454 e. The van der Waals surface area contributed by atoms with Crippen LogP contribution in [0.1, 0.15) is 34.0 Å². The summed E-state index contributed by atoms with van der Waals surface area (Å²) in [6.07, 6.45) is 0.867. The summed E-state index contributed by atoms with van der Waals surface area (Å²) >= 11 is 0. The minimum absolute atomic E-state index is 0.0171. The zero-order valence-electron chi connectivity index (χ0n) is 18.6. The first-order valence-corrected chi connectivity index (χ1v) is 11.1. The molecular formula is C27H23FN2O4. The molecule has 0 spiro atoms. The number of carbonyl (C=O) groups is 1. The topological polar surface area (TPSA) is 71.6 Å². The highest BCUT2D eigenvalue weighted by molar-refractivity contribution is 5.94. The maximum Gasteiger partial charge on any atom is 0.257 e. The largest absolute Gasteiger partial charge is 0.454 e. The second kappa shape index (κ2) is 9.02. The summed E-state index contributed by atoms with van der Waals surface area (Å²) < 4.78 is 25.3. The maximum absolute atomic E-state index is 14.5. The van der Waals surface area contributed by atoms with Crippen LogP contribution in [0, 0.1) is 5.82 Å². The van der Waals surface area contributed by atoms with E-state index in [-0.39, 0.29) is 31.0 Å². The van der Waals surface area contributed by atoms with Crippen LogP contribution >= 0.6 is 0 Å². The minimum atomic E-state index is -0.608. The lowest BCUT2D eigenvalue weighted by Gasteiger charge is -2.23. The molecule has 1 aliphatic heterocycles. The van der Waals surface area contributed by atoms with Gasteiger partial charge in [0.05, 0.1) is 12.1 Å². The van der Waals surface area contributed by atoms with Gasteiger partial charge in [0, 0.05) is 17.6 Å². The Balaban J connectivity index is 1.52. The van der Waals surface area contributed by atoms with Gasteiger partial charge in [0.25, 0.3) is 11.5 Å². The fourth-order valence-electron chi connectivity index (χ4n) is 4.11. The molecule has 0 saturated carbocycles. The molecule has 0 bridgehead atoms. The smallest absolute Gasteiger partial charge is 0.257 e. The van der Waals surface area contributed by atoms with Gasteiger partial charge in [0.1, 0.15) is 5.82 Å². The van der Waals surface area contributed by atoms with Crippen molar-refractivity contribution < 1.29 is 18.7 Å². The normalized spacial score (nSPS) is 12.2. The Morgan fingerprint density at radius 3 is 2.59 bits per heavy atom. The molecule has 1 aromatic heterocycles. The number of H-pyrrole nitrogens is 1. The number of hydrogen-bond acceptors (Lipinski definition) is 4. The van der Waals surface area contributed by atoms with Crippen molar-refractivity contribution in [3.63, 3.8) is 0 Å². The average molecular weight is 458 g/mol. The van der Waals surface area contributed by atoms with Crippen LogP contribution in [0.15, 0.2) is 71.5 Å². The summed E-state index contributed by atoms with van der Waals surface area (Å²) in [5.74, 6) is 0.112. The van der Waals surface area contributed by atoms with Gasteiger partial charge in [-0.05, 0) is 65.4 Å². The van der Waals surface area contributed by atoms with Gasteiger partial charge in [-0.1, -0.05) is 31.2 Å². The lowest BCUT2D eigenvalue weighted by Crippen LogP contribution is -2.33. The lowest BCUT2D eigenvalue weighted by atomic mass is 10.1. The van der Waals surface area contributed by atoms with Crippen LogP contribution in [0.4, 0.5) is 4.39 Å². The van der Waals surface area contributed by atoms with E-state index in [0.717, 1.165) is 28.5 Å². The lowest BCUT2D eigenvalue weighted by molar-refractivity contribution is 0.0724. The van der Waals surface area contributed by atoms with Gasteiger partial charge >= 0.3 is 0 Å². The zero-order valence-corrected chi connectivity index (χ0v) is 18.6. The Labute approximate surface area is 195 Å². The summed E-state index contributed by atoms with van der Waals surface area (Å²) in [4.78, 5) is 30.6. The highest BCUT2D eigenvalue weighted by Gasteiger charge is 2.22. The number of hydrogen-bond donors (Lipinski definition) is 1. The first-order chi connectivity index (χ1) is 16.5. The highest BCUT2D eigenvalue weighted by atomic mass is 19.1. The summed E-state index contributed by atoms with van der Waals surface area (Å²) in [7, 11) is 0. The molecule has 3 aromatic carbocycles. The first-order valence-electron chi connectivity index (χ1n) is 11.1. The molecule has 0 radical (unpaired) electrons. The predicted octanol–water partition coefficient (Wildman–Crippen LogP) is 4.80. The number of benzene rings is 3. The van der Waals surface area contributed by atoms with Crippen LogP contribution in [0.5, 0.6) is 11.5 Å². The molecule has 0 atom stereocenters. The third kappa shape index (κ3) is 4.24. The van der Waals surface area contributed by atoms with Crippen molar-refractivity contribution in [3.8, 4) is 11.5 Å². The molecule has 4 aromatic rings. The predicted molar refractivity (Wildman–Crippen MR) is 126 cm³/mol. The van der Waals surface area contributed by atoms with Crippen LogP contribution in [-0.2, 0) is 19.5 Å².